The van der Waals surface area contributed by atoms with E-state index in [0.717, 1.165) is 5.69 Å². The standard InChI is InChI=1S/C16H16ClN3O2/c1-22-15-5-4-12(7-14(15)17)20-16(21)10-6-13(9-18-8-10)19-11-2-3-11/h4-9,11,19H,2-3H2,1H3,(H,20,21). The van der Waals surface area contributed by atoms with Crippen LogP contribution in [-0.4, -0.2) is 24.0 Å². The van der Waals surface area contributed by atoms with Crippen molar-refractivity contribution in [3.63, 3.8) is 0 Å². The Morgan fingerprint density at radius 3 is 2.77 bits per heavy atom. The number of nitrogens with one attached hydrogen (secondary N) is 2. The molecule has 1 heterocycles. The number of hydrogen-bond acceptors (Lipinski definition) is 4. The number of pyridine rings is 1. The first-order valence-electron chi connectivity index (χ1n) is 7.02. The molecule has 0 atom stereocenters. The van der Waals surface area contributed by atoms with Crippen LogP contribution in [0, 0.1) is 0 Å². The average Bonchev–Trinajstić information content (AvgIpc) is 3.32. The predicted molar refractivity (Wildman–Crippen MR) is 86.8 cm³/mol. The molecule has 2 aromatic rings. The molecule has 0 saturated heterocycles. The highest BCUT2D eigenvalue weighted by Gasteiger charge is 2.21. The number of halogens is 1. The van der Waals surface area contributed by atoms with Crippen molar-refractivity contribution in [2.45, 2.75) is 18.9 Å². The van der Waals surface area contributed by atoms with Crippen LogP contribution in [0.15, 0.2) is 36.7 Å². The largest absolute Gasteiger partial charge is 0.495 e. The van der Waals surface area contributed by atoms with Gasteiger partial charge in [0.05, 0.1) is 23.4 Å². The lowest BCUT2D eigenvalue weighted by molar-refractivity contribution is 0.102. The summed E-state index contributed by atoms with van der Waals surface area (Å²) in [4.78, 5) is 16.4. The van der Waals surface area contributed by atoms with Crippen LogP contribution >= 0.6 is 11.6 Å². The maximum atomic E-state index is 12.3. The van der Waals surface area contributed by atoms with E-state index >= 15 is 0 Å². The summed E-state index contributed by atoms with van der Waals surface area (Å²) in [6.45, 7) is 0. The van der Waals surface area contributed by atoms with Crippen molar-refractivity contribution >= 4 is 28.9 Å². The number of carbonyl (C=O) groups is 1. The lowest BCUT2D eigenvalue weighted by Gasteiger charge is -2.09. The normalized spacial score (nSPS) is 13.5. The third kappa shape index (κ3) is 3.49. The molecule has 1 aliphatic carbocycles. The summed E-state index contributed by atoms with van der Waals surface area (Å²) >= 11 is 6.05. The molecule has 6 heteroatoms. The molecular formula is C16H16ClN3O2. The van der Waals surface area contributed by atoms with Gasteiger partial charge in [0, 0.05) is 24.1 Å². The van der Waals surface area contributed by atoms with E-state index in [0.29, 0.717) is 28.1 Å². The first-order chi connectivity index (χ1) is 10.7. The molecular weight excluding hydrogens is 302 g/mol. The first kappa shape index (κ1) is 14.7. The SMILES string of the molecule is COc1ccc(NC(=O)c2cncc(NC3CC3)c2)cc1Cl. The molecule has 0 radical (unpaired) electrons. The highest BCUT2D eigenvalue weighted by atomic mass is 35.5. The quantitative estimate of drug-likeness (QED) is 0.885. The number of anilines is 2. The van der Waals surface area contributed by atoms with Gasteiger partial charge in [-0.1, -0.05) is 11.6 Å². The molecule has 1 amide bonds. The Hall–Kier alpha value is -2.27. The summed E-state index contributed by atoms with van der Waals surface area (Å²) in [5.41, 5.74) is 1.97. The van der Waals surface area contributed by atoms with Crippen LogP contribution in [0.2, 0.25) is 5.02 Å². The highest BCUT2D eigenvalue weighted by Crippen LogP contribution is 2.28. The van der Waals surface area contributed by atoms with Gasteiger partial charge in [-0.05, 0) is 37.1 Å². The molecule has 1 fully saturated rings. The third-order valence-corrected chi connectivity index (χ3v) is 3.65. The Balaban J connectivity index is 1.72. The van der Waals surface area contributed by atoms with Gasteiger partial charge in [0.25, 0.3) is 5.91 Å². The number of benzene rings is 1. The average molecular weight is 318 g/mol. The van der Waals surface area contributed by atoms with Crippen LogP contribution in [0.3, 0.4) is 0 Å². The minimum Gasteiger partial charge on any atom is -0.495 e. The molecule has 22 heavy (non-hydrogen) atoms. The second-order valence-electron chi connectivity index (χ2n) is 5.18. The fraction of sp³-hybridized carbons (Fsp3) is 0.250. The molecule has 1 aromatic carbocycles. The molecule has 2 N–H and O–H groups in total. The summed E-state index contributed by atoms with van der Waals surface area (Å²) in [6, 6.07) is 7.41. The van der Waals surface area contributed by atoms with Crippen LogP contribution in [0.4, 0.5) is 11.4 Å². The second-order valence-corrected chi connectivity index (χ2v) is 5.59. The summed E-state index contributed by atoms with van der Waals surface area (Å²) in [7, 11) is 1.55. The zero-order valence-corrected chi connectivity index (χ0v) is 12.9. The van der Waals surface area contributed by atoms with Crippen LogP contribution in [0.1, 0.15) is 23.2 Å². The van der Waals surface area contributed by atoms with Crippen molar-refractivity contribution in [1.82, 2.24) is 4.98 Å². The molecule has 5 nitrogen and oxygen atoms in total. The van der Waals surface area contributed by atoms with Gasteiger partial charge in [-0.2, -0.15) is 0 Å². The van der Waals surface area contributed by atoms with E-state index in [1.807, 2.05) is 0 Å². The van der Waals surface area contributed by atoms with Crippen LogP contribution < -0.4 is 15.4 Å². The molecule has 0 unspecified atom stereocenters. The molecule has 0 spiro atoms. The van der Waals surface area contributed by atoms with E-state index in [9.17, 15) is 4.79 Å². The zero-order chi connectivity index (χ0) is 15.5. The number of methoxy groups -OCH3 is 1. The van der Waals surface area contributed by atoms with Gasteiger partial charge in [-0.25, -0.2) is 0 Å². The number of nitrogens with zero attached hydrogens (tertiary/aromatic N) is 1. The Kier molecular flexibility index (Phi) is 4.15. The van der Waals surface area contributed by atoms with Crippen molar-refractivity contribution < 1.29 is 9.53 Å². The Labute approximate surface area is 133 Å². The van der Waals surface area contributed by atoms with Gasteiger partial charge in [-0.15, -0.1) is 0 Å². The third-order valence-electron chi connectivity index (χ3n) is 3.36. The van der Waals surface area contributed by atoms with Gasteiger partial charge < -0.3 is 15.4 Å². The fourth-order valence-electron chi connectivity index (χ4n) is 2.05. The van der Waals surface area contributed by atoms with Crippen molar-refractivity contribution in [1.29, 1.82) is 0 Å². The Morgan fingerprint density at radius 2 is 2.09 bits per heavy atom. The highest BCUT2D eigenvalue weighted by molar-refractivity contribution is 6.32. The first-order valence-corrected chi connectivity index (χ1v) is 7.40. The van der Waals surface area contributed by atoms with Crippen molar-refractivity contribution in [3.05, 3.63) is 47.2 Å². The monoisotopic (exact) mass is 317 g/mol. The van der Waals surface area contributed by atoms with Crippen LogP contribution in [0.25, 0.3) is 0 Å². The van der Waals surface area contributed by atoms with E-state index in [4.69, 9.17) is 16.3 Å². The van der Waals surface area contributed by atoms with Gasteiger partial charge in [0.15, 0.2) is 0 Å². The minimum atomic E-state index is -0.229. The zero-order valence-electron chi connectivity index (χ0n) is 12.1. The number of carbonyl (C=O) groups excluding carboxylic acids is 1. The molecule has 0 aliphatic heterocycles. The summed E-state index contributed by atoms with van der Waals surface area (Å²) in [6.07, 6.45) is 5.60. The maximum Gasteiger partial charge on any atom is 0.257 e. The molecule has 114 valence electrons. The maximum absolute atomic E-state index is 12.3. The molecule has 1 aliphatic rings. The predicted octanol–water partition coefficient (Wildman–Crippen LogP) is 3.57. The lowest BCUT2D eigenvalue weighted by atomic mass is 10.2. The number of rotatable bonds is 5. The van der Waals surface area contributed by atoms with Gasteiger partial charge >= 0.3 is 0 Å². The molecule has 1 saturated carbocycles. The number of hydrogen-bond donors (Lipinski definition) is 2. The van der Waals surface area contributed by atoms with Crippen molar-refractivity contribution in [2.75, 3.05) is 17.7 Å². The van der Waals surface area contributed by atoms with Crippen molar-refractivity contribution in [2.24, 2.45) is 0 Å². The fourth-order valence-corrected chi connectivity index (χ4v) is 2.31. The van der Waals surface area contributed by atoms with Gasteiger partial charge in [-0.3, -0.25) is 9.78 Å². The summed E-state index contributed by atoms with van der Waals surface area (Å²) in [5.74, 6) is 0.338. The topological polar surface area (TPSA) is 63.2 Å². The van der Waals surface area contributed by atoms with E-state index in [2.05, 4.69) is 15.6 Å². The Morgan fingerprint density at radius 1 is 1.27 bits per heavy atom. The summed E-state index contributed by atoms with van der Waals surface area (Å²) in [5, 5.41) is 6.57. The number of amides is 1. The molecule has 3 rings (SSSR count). The molecule has 0 bridgehead atoms. The van der Waals surface area contributed by atoms with E-state index in [-0.39, 0.29) is 5.91 Å². The van der Waals surface area contributed by atoms with E-state index in [1.54, 1.807) is 43.8 Å². The summed E-state index contributed by atoms with van der Waals surface area (Å²) < 4.78 is 5.09. The smallest absolute Gasteiger partial charge is 0.257 e. The minimum absolute atomic E-state index is 0.229. The number of ether oxygens (including phenoxy) is 1. The number of aromatic nitrogens is 1. The van der Waals surface area contributed by atoms with E-state index in [1.165, 1.54) is 12.8 Å². The van der Waals surface area contributed by atoms with E-state index < -0.39 is 0 Å². The van der Waals surface area contributed by atoms with Gasteiger partial charge in [0.2, 0.25) is 0 Å². The van der Waals surface area contributed by atoms with Crippen LogP contribution in [0.5, 0.6) is 5.75 Å². The molecule has 1 aromatic heterocycles. The van der Waals surface area contributed by atoms with Crippen LogP contribution in [-0.2, 0) is 0 Å². The second kappa shape index (κ2) is 6.23. The Bertz CT molecular complexity index is 702. The lowest BCUT2D eigenvalue weighted by Crippen LogP contribution is -2.13. The van der Waals surface area contributed by atoms with Gasteiger partial charge in [0.1, 0.15) is 5.75 Å². The van der Waals surface area contributed by atoms with Crippen molar-refractivity contribution in [3.8, 4) is 5.75 Å².